The van der Waals surface area contributed by atoms with Crippen molar-refractivity contribution in [3.8, 4) is 17.1 Å². The van der Waals surface area contributed by atoms with Gasteiger partial charge in [0.2, 0.25) is 11.8 Å². The number of aromatic nitrogens is 2. The van der Waals surface area contributed by atoms with E-state index in [2.05, 4.69) is 25.3 Å². The fourth-order valence-corrected chi connectivity index (χ4v) is 2.15. The van der Waals surface area contributed by atoms with Crippen molar-refractivity contribution in [3.63, 3.8) is 0 Å². The van der Waals surface area contributed by atoms with Gasteiger partial charge >= 0.3 is 12.7 Å². The zero-order chi connectivity index (χ0) is 20.9. The maximum absolute atomic E-state index is 12.4. The lowest BCUT2D eigenvalue weighted by molar-refractivity contribution is -0.114. The SMILES string of the molecule is CC(=O)Nc1cc(NC(=O)OC(C)(C)C)c(-c2cccc(OC(F)F)n2)cn1. The van der Waals surface area contributed by atoms with E-state index in [0.29, 0.717) is 5.56 Å². The second-order valence-corrected chi connectivity index (χ2v) is 6.66. The molecule has 0 saturated heterocycles. The Morgan fingerprint density at radius 3 is 2.50 bits per heavy atom. The molecule has 0 aliphatic rings. The average Bonchev–Trinajstić information content (AvgIpc) is 2.52. The first-order valence-corrected chi connectivity index (χ1v) is 8.23. The second kappa shape index (κ2) is 8.59. The Labute approximate surface area is 160 Å². The van der Waals surface area contributed by atoms with Gasteiger partial charge in [0.1, 0.15) is 11.4 Å². The highest BCUT2D eigenvalue weighted by Gasteiger charge is 2.19. The van der Waals surface area contributed by atoms with Crippen molar-refractivity contribution in [2.75, 3.05) is 10.6 Å². The minimum absolute atomic E-state index is 0.183. The van der Waals surface area contributed by atoms with Crippen LogP contribution in [0.25, 0.3) is 11.3 Å². The molecule has 2 aromatic heterocycles. The van der Waals surface area contributed by atoms with Crippen molar-refractivity contribution in [1.82, 2.24) is 9.97 Å². The van der Waals surface area contributed by atoms with Crippen LogP contribution >= 0.6 is 0 Å². The highest BCUT2D eigenvalue weighted by molar-refractivity contribution is 5.94. The van der Waals surface area contributed by atoms with Crippen molar-refractivity contribution in [1.29, 1.82) is 0 Å². The molecule has 2 aromatic rings. The largest absolute Gasteiger partial charge is 0.444 e. The predicted molar refractivity (Wildman–Crippen MR) is 98.3 cm³/mol. The van der Waals surface area contributed by atoms with Gasteiger partial charge in [-0.05, 0) is 26.8 Å². The molecule has 28 heavy (non-hydrogen) atoms. The standard InChI is InChI=1S/C18H20F2N4O4/c1-10(25)22-14-8-13(24-17(26)28-18(2,3)4)11(9-21-14)12-6-5-7-15(23-12)27-16(19)20/h5-9,16H,1-4H3,(H2,21,22,24,25,26). The Kier molecular flexibility index (Phi) is 6.45. The number of nitrogens with one attached hydrogen (secondary N) is 2. The van der Waals surface area contributed by atoms with E-state index >= 15 is 0 Å². The summed E-state index contributed by atoms with van der Waals surface area (Å²) in [6.45, 7) is 3.39. The van der Waals surface area contributed by atoms with E-state index in [1.807, 2.05) is 0 Å². The van der Waals surface area contributed by atoms with Gasteiger partial charge < -0.3 is 14.8 Å². The van der Waals surface area contributed by atoms with E-state index in [9.17, 15) is 18.4 Å². The maximum Gasteiger partial charge on any atom is 0.412 e. The van der Waals surface area contributed by atoms with Crippen LogP contribution in [0.2, 0.25) is 0 Å². The summed E-state index contributed by atoms with van der Waals surface area (Å²) in [5.74, 6) is -0.460. The Morgan fingerprint density at radius 1 is 1.18 bits per heavy atom. The molecule has 0 unspecified atom stereocenters. The number of amides is 2. The second-order valence-electron chi connectivity index (χ2n) is 6.66. The van der Waals surface area contributed by atoms with Crippen LogP contribution in [0.3, 0.4) is 0 Å². The van der Waals surface area contributed by atoms with Crippen LogP contribution in [0.4, 0.5) is 25.1 Å². The first-order chi connectivity index (χ1) is 13.0. The number of anilines is 2. The minimum atomic E-state index is -3.03. The van der Waals surface area contributed by atoms with Crippen molar-refractivity contribution in [3.05, 3.63) is 30.5 Å². The first kappa shape index (κ1) is 21.0. The third kappa shape index (κ3) is 6.45. The summed E-state index contributed by atoms with van der Waals surface area (Å²) >= 11 is 0. The number of nitrogens with zero attached hydrogens (tertiary/aromatic N) is 2. The highest BCUT2D eigenvalue weighted by Crippen LogP contribution is 2.30. The van der Waals surface area contributed by atoms with Gasteiger partial charge in [0.25, 0.3) is 0 Å². The van der Waals surface area contributed by atoms with E-state index in [4.69, 9.17) is 4.74 Å². The molecule has 2 rings (SSSR count). The molecule has 0 saturated carbocycles. The number of ether oxygens (including phenoxy) is 2. The molecule has 0 radical (unpaired) electrons. The zero-order valence-electron chi connectivity index (χ0n) is 15.7. The van der Waals surface area contributed by atoms with Gasteiger partial charge in [0.15, 0.2) is 0 Å². The molecule has 0 aliphatic carbocycles. The molecule has 2 heterocycles. The van der Waals surface area contributed by atoms with Crippen LogP contribution in [0.1, 0.15) is 27.7 Å². The molecule has 0 atom stereocenters. The number of rotatable bonds is 5. The van der Waals surface area contributed by atoms with Gasteiger partial charge in [0, 0.05) is 30.8 Å². The lowest BCUT2D eigenvalue weighted by Crippen LogP contribution is -2.27. The summed E-state index contributed by atoms with van der Waals surface area (Å²) in [4.78, 5) is 31.5. The number of pyridine rings is 2. The third-order valence-corrected chi connectivity index (χ3v) is 3.05. The molecule has 150 valence electrons. The highest BCUT2D eigenvalue weighted by atomic mass is 19.3. The molecule has 0 aliphatic heterocycles. The van der Waals surface area contributed by atoms with Gasteiger partial charge in [-0.1, -0.05) is 6.07 Å². The van der Waals surface area contributed by atoms with Crippen LogP contribution in [0, 0.1) is 0 Å². The normalized spacial score (nSPS) is 11.1. The smallest absolute Gasteiger partial charge is 0.412 e. The number of hydrogen-bond acceptors (Lipinski definition) is 6. The fourth-order valence-electron chi connectivity index (χ4n) is 2.15. The molecule has 2 amide bonds. The Bertz CT molecular complexity index is 869. The quantitative estimate of drug-likeness (QED) is 0.793. The molecule has 0 spiro atoms. The van der Waals surface area contributed by atoms with Gasteiger partial charge in [-0.2, -0.15) is 8.78 Å². The summed E-state index contributed by atoms with van der Waals surface area (Å²) in [5.41, 5.74) is 0.0292. The van der Waals surface area contributed by atoms with Crippen molar-refractivity contribution in [2.24, 2.45) is 0 Å². The minimum Gasteiger partial charge on any atom is -0.444 e. The Balaban J connectivity index is 2.42. The lowest BCUT2D eigenvalue weighted by Gasteiger charge is -2.20. The molecule has 0 aromatic carbocycles. The lowest BCUT2D eigenvalue weighted by atomic mass is 10.1. The van der Waals surface area contributed by atoms with Crippen molar-refractivity contribution in [2.45, 2.75) is 39.9 Å². The van der Waals surface area contributed by atoms with Crippen LogP contribution in [0.5, 0.6) is 5.88 Å². The topological polar surface area (TPSA) is 102 Å². The van der Waals surface area contributed by atoms with Crippen LogP contribution in [-0.4, -0.2) is 34.2 Å². The molecule has 8 nitrogen and oxygen atoms in total. The first-order valence-electron chi connectivity index (χ1n) is 8.23. The number of carbonyl (C=O) groups excluding carboxylic acids is 2. The van der Waals surface area contributed by atoms with Crippen LogP contribution in [-0.2, 0) is 9.53 Å². The fraction of sp³-hybridized carbons (Fsp3) is 0.333. The van der Waals surface area contributed by atoms with Gasteiger partial charge in [-0.15, -0.1) is 0 Å². The van der Waals surface area contributed by atoms with Crippen molar-refractivity contribution >= 4 is 23.5 Å². The van der Waals surface area contributed by atoms with Crippen LogP contribution < -0.4 is 15.4 Å². The summed E-state index contributed by atoms with van der Waals surface area (Å²) < 4.78 is 34.4. The summed E-state index contributed by atoms with van der Waals surface area (Å²) in [5, 5.41) is 5.05. The molecular weight excluding hydrogens is 374 g/mol. The number of alkyl halides is 2. The Morgan fingerprint density at radius 2 is 1.89 bits per heavy atom. The van der Waals surface area contributed by atoms with Crippen LogP contribution in [0.15, 0.2) is 30.5 Å². The van der Waals surface area contributed by atoms with E-state index in [0.717, 1.165) is 0 Å². The molecule has 10 heteroatoms. The van der Waals surface area contributed by atoms with Gasteiger partial charge in [-0.25, -0.2) is 14.8 Å². The summed E-state index contributed by atoms with van der Waals surface area (Å²) in [6.07, 6.45) is 0.598. The predicted octanol–water partition coefficient (Wildman–Crippen LogP) is 4.05. The summed E-state index contributed by atoms with van der Waals surface area (Å²) in [7, 11) is 0. The van der Waals surface area contributed by atoms with Crippen molar-refractivity contribution < 1.29 is 27.8 Å². The zero-order valence-corrected chi connectivity index (χ0v) is 15.7. The average molecular weight is 394 g/mol. The number of carbonyl (C=O) groups is 2. The summed E-state index contributed by atoms with van der Waals surface area (Å²) in [6, 6.07) is 5.69. The molecule has 0 fully saturated rings. The molecule has 0 bridgehead atoms. The van der Waals surface area contributed by atoms with E-state index < -0.39 is 18.3 Å². The number of hydrogen-bond donors (Lipinski definition) is 2. The van der Waals surface area contributed by atoms with E-state index in [1.165, 1.54) is 37.4 Å². The maximum atomic E-state index is 12.4. The molecule has 2 N–H and O–H groups in total. The van der Waals surface area contributed by atoms with Gasteiger partial charge in [0.05, 0.1) is 11.4 Å². The van der Waals surface area contributed by atoms with E-state index in [1.54, 1.807) is 20.8 Å². The Hall–Kier alpha value is -3.30. The number of halogens is 2. The van der Waals surface area contributed by atoms with E-state index in [-0.39, 0.29) is 29.0 Å². The monoisotopic (exact) mass is 394 g/mol. The third-order valence-electron chi connectivity index (χ3n) is 3.05. The van der Waals surface area contributed by atoms with Gasteiger partial charge in [-0.3, -0.25) is 10.1 Å². The molecular formula is C18H20F2N4O4.